The molecule has 20 heavy (non-hydrogen) atoms. The molecule has 1 aromatic rings. The maximum Gasteiger partial charge on any atom is 0.251 e. The average molecular weight is 281 g/mol. The van der Waals surface area contributed by atoms with Crippen LogP contribution in [0, 0.1) is 5.82 Å². The van der Waals surface area contributed by atoms with Gasteiger partial charge in [-0.1, -0.05) is 0 Å². The number of aliphatic hydroxyl groups excluding tert-OH is 1. The van der Waals surface area contributed by atoms with Gasteiger partial charge in [0.2, 0.25) is 0 Å². The molecule has 0 saturated carbocycles. The molecule has 1 atom stereocenters. The highest BCUT2D eigenvalue weighted by Gasteiger charge is 2.16. The Morgan fingerprint density at radius 2 is 2.20 bits per heavy atom. The van der Waals surface area contributed by atoms with E-state index in [0.29, 0.717) is 5.69 Å². The van der Waals surface area contributed by atoms with Gasteiger partial charge < -0.3 is 20.6 Å². The summed E-state index contributed by atoms with van der Waals surface area (Å²) in [6.07, 6.45) is -0.621. The fourth-order valence-corrected chi connectivity index (χ4v) is 2.15. The lowest BCUT2D eigenvalue weighted by molar-refractivity contribution is 0.0923. The molecule has 1 aliphatic heterocycles. The smallest absolute Gasteiger partial charge is 0.251 e. The minimum Gasteiger partial charge on any atom is -0.392 e. The van der Waals surface area contributed by atoms with Crippen molar-refractivity contribution in [2.45, 2.75) is 13.0 Å². The summed E-state index contributed by atoms with van der Waals surface area (Å²) >= 11 is 0. The van der Waals surface area contributed by atoms with Crippen LogP contribution in [0.3, 0.4) is 0 Å². The molecule has 0 radical (unpaired) electrons. The molecule has 0 aromatic heterocycles. The van der Waals surface area contributed by atoms with Crippen molar-refractivity contribution in [2.24, 2.45) is 0 Å². The van der Waals surface area contributed by atoms with Crippen molar-refractivity contribution >= 4 is 11.6 Å². The van der Waals surface area contributed by atoms with E-state index in [-0.39, 0.29) is 18.0 Å². The predicted octanol–water partition coefficient (Wildman–Crippen LogP) is 0.346. The van der Waals surface area contributed by atoms with Gasteiger partial charge in [-0.15, -0.1) is 0 Å². The first-order valence-corrected chi connectivity index (χ1v) is 6.79. The maximum atomic E-state index is 14.1. The number of hydrogen-bond donors (Lipinski definition) is 3. The number of amides is 1. The van der Waals surface area contributed by atoms with Crippen LogP contribution in [0.4, 0.5) is 10.1 Å². The van der Waals surface area contributed by atoms with Gasteiger partial charge in [0, 0.05) is 38.3 Å². The standard InChI is InChI=1S/C14H20FN3O2/c1-10(19)9-17-14(20)11-2-3-13(12(15)8-11)18-6-4-16-5-7-18/h2-3,8,10,16,19H,4-7,9H2,1H3,(H,17,20). The lowest BCUT2D eigenvalue weighted by Crippen LogP contribution is -2.43. The number of hydrogen-bond acceptors (Lipinski definition) is 4. The van der Waals surface area contributed by atoms with Crippen molar-refractivity contribution in [3.63, 3.8) is 0 Å². The van der Waals surface area contributed by atoms with Crippen LogP contribution in [-0.4, -0.2) is 49.8 Å². The first kappa shape index (κ1) is 14.7. The van der Waals surface area contributed by atoms with Crippen molar-refractivity contribution in [3.05, 3.63) is 29.6 Å². The lowest BCUT2D eigenvalue weighted by Gasteiger charge is -2.29. The Morgan fingerprint density at radius 1 is 1.50 bits per heavy atom. The van der Waals surface area contributed by atoms with Gasteiger partial charge in [-0.3, -0.25) is 4.79 Å². The van der Waals surface area contributed by atoms with Crippen molar-refractivity contribution in [3.8, 4) is 0 Å². The number of anilines is 1. The summed E-state index contributed by atoms with van der Waals surface area (Å²) in [5, 5.41) is 14.9. The van der Waals surface area contributed by atoms with E-state index in [1.165, 1.54) is 6.07 Å². The van der Waals surface area contributed by atoms with Crippen LogP contribution < -0.4 is 15.5 Å². The second-order valence-corrected chi connectivity index (χ2v) is 4.96. The molecule has 2 rings (SSSR count). The van der Waals surface area contributed by atoms with E-state index < -0.39 is 11.9 Å². The van der Waals surface area contributed by atoms with E-state index >= 15 is 0 Å². The van der Waals surface area contributed by atoms with E-state index in [1.54, 1.807) is 19.1 Å². The Kier molecular flexibility index (Phi) is 4.92. The average Bonchev–Trinajstić information content (AvgIpc) is 2.45. The number of aliphatic hydroxyl groups is 1. The highest BCUT2D eigenvalue weighted by atomic mass is 19.1. The maximum absolute atomic E-state index is 14.1. The van der Waals surface area contributed by atoms with Crippen molar-refractivity contribution < 1.29 is 14.3 Å². The van der Waals surface area contributed by atoms with Crippen molar-refractivity contribution in [1.82, 2.24) is 10.6 Å². The van der Waals surface area contributed by atoms with Crippen LogP contribution in [0.5, 0.6) is 0 Å². The molecular formula is C14H20FN3O2. The SMILES string of the molecule is CC(O)CNC(=O)c1ccc(N2CCNCC2)c(F)c1. The number of piperazine rings is 1. The zero-order valence-electron chi connectivity index (χ0n) is 11.5. The minimum absolute atomic E-state index is 0.153. The molecule has 0 bridgehead atoms. The topological polar surface area (TPSA) is 64.6 Å². The van der Waals surface area contributed by atoms with Crippen LogP contribution in [0.15, 0.2) is 18.2 Å². The molecule has 110 valence electrons. The third-order valence-corrected chi connectivity index (χ3v) is 3.23. The Balaban J connectivity index is 2.06. The summed E-state index contributed by atoms with van der Waals surface area (Å²) in [6.45, 7) is 4.90. The number of carbonyl (C=O) groups excluding carboxylic acids is 1. The lowest BCUT2D eigenvalue weighted by atomic mass is 10.1. The predicted molar refractivity (Wildman–Crippen MR) is 75.5 cm³/mol. The molecule has 1 saturated heterocycles. The number of rotatable bonds is 4. The summed E-state index contributed by atoms with van der Waals surface area (Å²) in [5.74, 6) is -0.770. The van der Waals surface area contributed by atoms with Gasteiger partial charge in [0.05, 0.1) is 11.8 Å². The molecular weight excluding hydrogens is 261 g/mol. The summed E-state index contributed by atoms with van der Waals surface area (Å²) < 4.78 is 14.1. The Hall–Kier alpha value is -1.66. The van der Waals surface area contributed by atoms with Gasteiger partial charge in [-0.05, 0) is 25.1 Å². The second-order valence-electron chi connectivity index (χ2n) is 4.96. The van der Waals surface area contributed by atoms with Crippen LogP contribution in [0.1, 0.15) is 17.3 Å². The number of halogens is 1. The zero-order valence-corrected chi connectivity index (χ0v) is 11.5. The summed E-state index contributed by atoms with van der Waals surface area (Å²) in [5.41, 5.74) is 0.792. The van der Waals surface area contributed by atoms with E-state index in [0.717, 1.165) is 26.2 Å². The normalized spacial score (nSPS) is 16.9. The molecule has 1 amide bonds. The summed E-state index contributed by atoms with van der Waals surface area (Å²) in [7, 11) is 0. The van der Waals surface area contributed by atoms with Gasteiger partial charge in [0.1, 0.15) is 5.82 Å². The van der Waals surface area contributed by atoms with Crippen LogP contribution in [0.2, 0.25) is 0 Å². The first-order valence-electron chi connectivity index (χ1n) is 6.79. The van der Waals surface area contributed by atoms with E-state index in [4.69, 9.17) is 5.11 Å². The number of nitrogens with zero attached hydrogens (tertiary/aromatic N) is 1. The largest absolute Gasteiger partial charge is 0.392 e. The van der Waals surface area contributed by atoms with Gasteiger partial charge in [0.15, 0.2) is 0 Å². The first-order chi connectivity index (χ1) is 9.58. The minimum atomic E-state index is -0.621. The Labute approximate surface area is 117 Å². The molecule has 1 fully saturated rings. The molecule has 0 spiro atoms. The van der Waals surface area contributed by atoms with Crippen LogP contribution in [0.25, 0.3) is 0 Å². The summed E-state index contributed by atoms with van der Waals surface area (Å²) in [4.78, 5) is 13.7. The van der Waals surface area contributed by atoms with Crippen molar-refractivity contribution in [2.75, 3.05) is 37.6 Å². The van der Waals surface area contributed by atoms with E-state index in [9.17, 15) is 9.18 Å². The third kappa shape index (κ3) is 3.68. The fourth-order valence-electron chi connectivity index (χ4n) is 2.15. The molecule has 1 unspecified atom stereocenters. The Morgan fingerprint density at radius 3 is 2.80 bits per heavy atom. The summed E-state index contributed by atoms with van der Waals surface area (Å²) in [6, 6.07) is 4.49. The quantitative estimate of drug-likeness (QED) is 0.745. The number of nitrogens with one attached hydrogen (secondary N) is 2. The van der Waals surface area contributed by atoms with Gasteiger partial charge in [-0.25, -0.2) is 4.39 Å². The highest BCUT2D eigenvalue weighted by Crippen LogP contribution is 2.21. The van der Waals surface area contributed by atoms with Gasteiger partial charge in [-0.2, -0.15) is 0 Å². The van der Waals surface area contributed by atoms with E-state index in [2.05, 4.69) is 10.6 Å². The number of benzene rings is 1. The Bertz CT molecular complexity index is 473. The molecule has 1 aromatic carbocycles. The molecule has 5 nitrogen and oxygen atoms in total. The molecule has 3 N–H and O–H groups in total. The molecule has 1 heterocycles. The second kappa shape index (κ2) is 6.67. The number of carbonyl (C=O) groups is 1. The van der Waals surface area contributed by atoms with Crippen LogP contribution >= 0.6 is 0 Å². The molecule has 0 aliphatic carbocycles. The monoisotopic (exact) mass is 281 g/mol. The van der Waals surface area contributed by atoms with Crippen LogP contribution in [-0.2, 0) is 0 Å². The third-order valence-electron chi connectivity index (χ3n) is 3.23. The van der Waals surface area contributed by atoms with Crippen molar-refractivity contribution in [1.29, 1.82) is 0 Å². The fraction of sp³-hybridized carbons (Fsp3) is 0.500. The molecule has 1 aliphatic rings. The highest BCUT2D eigenvalue weighted by molar-refractivity contribution is 5.94. The van der Waals surface area contributed by atoms with Gasteiger partial charge in [0.25, 0.3) is 5.91 Å². The molecule has 6 heteroatoms. The van der Waals surface area contributed by atoms with Gasteiger partial charge >= 0.3 is 0 Å². The zero-order chi connectivity index (χ0) is 14.5. The van der Waals surface area contributed by atoms with E-state index in [1.807, 2.05) is 4.90 Å².